The molecule has 0 aromatic heterocycles. The topological polar surface area (TPSA) is 108 Å². The van der Waals surface area contributed by atoms with Crippen molar-refractivity contribution < 1.29 is 19.2 Å². The smallest absolute Gasteiger partial charge is 0.325 e. The third kappa shape index (κ3) is 4.58. The summed E-state index contributed by atoms with van der Waals surface area (Å²) in [5.74, 6) is -1.52. The average molecular weight is 422 g/mol. The second-order valence-electron chi connectivity index (χ2n) is 7.90. The van der Waals surface area contributed by atoms with E-state index >= 15 is 0 Å². The second-order valence-corrected chi connectivity index (χ2v) is 7.90. The van der Waals surface area contributed by atoms with E-state index in [4.69, 9.17) is 0 Å². The van der Waals surface area contributed by atoms with Gasteiger partial charge in [-0.2, -0.15) is 0 Å². The van der Waals surface area contributed by atoms with Crippen LogP contribution in [0.3, 0.4) is 0 Å². The van der Waals surface area contributed by atoms with Crippen LogP contribution >= 0.6 is 0 Å². The van der Waals surface area contributed by atoms with E-state index in [9.17, 15) is 19.2 Å². The zero-order chi connectivity index (χ0) is 22.8. The van der Waals surface area contributed by atoms with Crippen molar-refractivity contribution >= 4 is 29.4 Å². The predicted molar refractivity (Wildman–Crippen MR) is 116 cm³/mol. The number of anilines is 1. The van der Waals surface area contributed by atoms with Gasteiger partial charge in [0.1, 0.15) is 12.1 Å². The number of amides is 5. The van der Waals surface area contributed by atoms with Crippen LogP contribution in [-0.4, -0.2) is 41.7 Å². The fourth-order valence-electron chi connectivity index (χ4n) is 3.50. The number of hydrogen-bond donors (Lipinski definition) is 3. The van der Waals surface area contributed by atoms with Gasteiger partial charge < -0.3 is 16.0 Å². The van der Waals surface area contributed by atoms with E-state index < -0.39 is 35.8 Å². The SMILES string of the molecule is Cc1ccc([C@]2(C)NC(=O)N(CC(=O)NCC(=O)Nc3c(C)cccc3C)C2=O)cc1. The van der Waals surface area contributed by atoms with Gasteiger partial charge in [0.05, 0.1) is 6.54 Å². The molecule has 1 aliphatic heterocycles. The van der Waals surface area contributed by atoms with Crippen molar-refractivity contribution in [2.24, 2.45) is 0 Å². The highest BCUT2D eigenvalue weighted by molar-refractivity contribution is 6.09. The van der Waals surface area contributed by atoms with Gasteiger partial charge in [0.15, 0.2) is 0 Å². The highest BCUT2D eigenvalue weighted by Crippen LogP contribution is 2.28. The van der Waals surface area contributed by atoms with Crippen LogP contribution in [0.4, 0.5) is 10.5 Å². The van der Waals surface area contributed by atoms with Gasteiger partial charge in [-0.25, -0.2) is 4.79 Å². The van der Waals surface area contributed by atoms with Crippen molar-refractivity contribution in [3.63, 3.8) is 0 Å². The summed E-state index contributed by atoms with van der Waals surface area (Å²) < 4.78 is 0. The second kappa shape index (κ2) is 8.59. The summed E-state index contributed by atoms with van der Waals surface area (Å²) in [6, 6.07) is 12.2. The quantitative estimate of drug-likeness (QED) is 0.620. The van der Waals surface area contributed by atoms with Crippen molar-refractivity contribution in [3.8, 4) is 0 Å². The van der Waals surface area contributed by atoms with Gasteiger partial charge in [-0.3, -0.25) is 19.3 Å². The Morgan fingerprint density at radius 2 is 1.58 bits per heavy atom. The van der Waals surface area contributed by atoms with Gasteiger partial charge in [-0.1, -0.05) is 48.0 Å². The molecule has 0 unspecified atom stereocenters. The maximum atomic E-state index is 12.9. The molecule has 0 radical (unpaired) electrons. The summed E-state index contributed by atoms with van der Waals surface area (Å²) in [6.07, 6.45) is 0. The molecule has 2 aromatic carbocycles. The number of urea groups is 1. The molecule has 0 bridgehead atoms. The van der Waals surface area contributed by atoms with Crippen LogP contribution in [0.2, 0.25) is 0 Å². The lowest BCUT2D eigenvalue weighted by Gasteiger charge is -2.22. The lowest BCUT2D eigenvalue weighted by atomic mass is 9.91. The Hall–Kier alpha value is -3.68. The molecular formula is C23H26N4O4. The van der Waals surface area contributed by atoms with Crippen molar-refractivity contribution in [2.75, 3.05) is 18.4 Å². The fourth-order valence-corrected chi connectivity index (χ4v) is 3.50. The maximum Gasteiger partial charge on any atom is 0.325 e. The summed E-state index contributed by atoms with van der Waals surface area (Å²) in [5, 5.41) is 7.89. The molecule has 5 amide bonds. The molecular weight excluding hydrogens is 396 g/mol. The molecule has 8 nitrogen and oxygen atoms in total. The molecule has 1 aliphatic rings. The Labute approximate surface area is 181 Å². The number of imide groups is 1. The number of hydrogen-bond acceptors (Lipinski definition) is 4. The number of rotatable bonds is 6. The minimum absolute atomic E-state index is 0.272. The van der Waals surface area contributed by atoms with Crippen LogP contribution in [0.5, 0.6) is 0 Å². The van der Waals surface area contributed by atoms with Crippen LogP contribution in [0.25, 0.3) is 0 Å². The lowest BCUT2D eigenvalue weighted by molar-refractivity contribution is -0.135. The lowest BCUT2D eigenvalue weighted by Crippen LogP contribution is -2.44. The molecule has 8 heteroatoms. The first kappa shape index (κ1) is 22.0. The van der Waals surface area contributed by atoms with Gasteiger partial charge >= 0.3 is 6.03 Å². The third-order valence-corrected chi connectivity index (χ3v) is 5.40. The number of carbonyl (C=O) groups excluding carboxylic acids is 4. The van der Waals surface area contributed by atoms with Crippen LogP contribution < -0.4 is 16.0 Å². The van der Waals surface area contributed by atoms with E-state index in [0.29, 0.717) is 11.3 Å². The predicted octanol–water partition coefficient (Wildman–Crippen LogP) is 2.13. The Bertz CT molecular complexity index is 1030. The molecule has 162 valence electrons. The minimum atomic E-state index is -1.25. The zero-order valence-electron chi connectivity index (χ0n) is 18.0. The monoisotopic (exact) mass is 422 g/mol. The van der Waals surface area contributed by atoms with Gasteiger partial charge in [-0.05, 0) is 44.4 Å². The van der Waals surface area contributed by atoms with E-state index in [1.165, 1.54) is 0 Å². The molecule has 3 N–H and O–H groups in total. The first-order valence-electron chi connectivity index (χ1n) is 9.96. The molecule has 0 spiro atoms. The van der Waals surface area contributed by atoms with Crippen LogP contribution in [-0.2, 0) is 19.9 Å². The Morgan fingerprint density at radius 1 is 0.968 bits per heavy atom. The fraction of sp³-hybridized carbons (Fsp3) is 0.304. The average Bonchev–Trinajstić information content (AvgIpc) is 2.93. The van der Waals surface area contributed by atoms with Crippen LogP contribution in [0, 0.1) is 20.8 Å². The van der Waals surface area contributed by atoms with Crippen LogP contribution in [0.1, 0.15) is 29.2 Å². The normalized spacial score (nSPS) is 18.0. The molecule has 1 atom stereocenters. The van der Waals surface area contributed by atoms with E-state index in [1.54, 1.807) is 19.1 Å². The highest BCUT2D eigenvalue weighted by atomic mass is 16.2. The van der Waals surface area contributed by atoms with Crippen molar-refractivity contribution in [1.82, 2.24) is 15.5 Å². The molecule has 0 saturated carbocycles. The summed E-state index contributed by atoms with van der Waals surface area (Å²) in [6.45, 7) is 6.55. The van der Waals surface area contributed by atoms with Gasteiger partial charge in [0.25, 0.3) is 5.91 Å². The van der Waals surface area contributed by atoms with E-state index in [2.05, 4.69) is 16.0 Å². The zero-order valence-corrected chi connectivity index (χ0v) is 18.0. The largest absolute Gasteiger partial charge is 0.345 e. The number of benzene rings is 2. The summed E-state index contributed by atoms with van der Waals surface area (Å²) in [5.41, 5.74) is 2.94. The third-order valence-electron chi connectivity index (χ3n) is 5.40. The summed E-state index contributed by atoms with van der Waals surface area (Å²) in [4.78, 5) is 50.6. The Balaban J connectivity index is 1.59. The van der Waals surface area contributed by atoms with E-state index in [-0.39, 0.29) is 6.54 Å². The van der Waals surface area contributed by atoms with E-state index in [1.807, 2.05) is 51.1 Å². The highest BCUT2D eigenvalue weighted by Gasteiger charge is 2.49. The number of carbonyl (C=O) groups is 4. The molecule has 1 saturated heterocycles. The van der Waals surface area contributed by atoms with Crippen molar-refractivity contribution in [1.29, 1.82) is 0 Å². The van der Waals surface area contributed by atoms with Crippen molar-refractivity contribution in [3.05, 3.63) is 64.7 Å². The number of nitrogens with one attached hydrogen (secondary N) is 3. The minimum Gasteiger partial charge on any atom is -0.345 e. The summed E-state index contributed by atoms with van der Waals surface area (Å²) >= 11 is 0. The number of nitrogens with zero attached hydrogens (tertiary/aromatic N) is 1. The molecule has 0 aliphatic carbocycles. The molecule has 3 rings (SSSR count). The van der Waals surface area contributed by atoms with Gasteiger partial charge in [-0.15, -0.1) is 0 Å². The first-order valence-corrected chi connectivity index (χ1v) is 9.96. The van der Waals surface area contributed by atoms with Crippen LogP contribution in [0.15, 0.2) is 42.5 Å². The first-order chi connectivity index (χ1) is 14.6. The van der Waals surface area contributed by atoms with Gasteiger partial charge in [0, 0.05) is 5.69 Å². The van der Waals surface area contributed by atoms with E-state index in [0.717, 1.165) is 21.6 Å². The van der Waals surface area contributed by atoms with Gasteiger partial charge in [0.2, 0.25) is 11.8 Å². The maximum absolute atomic E-state index is 12.9. The number of aryl methyl sites for hydroxylation is 3. The molecule has 1 heterocycles. The Morgan fingerprint density at radius 3 is 2.19 bits per heavy atom. The molecule has 1 fully saturated rings. The molecule has 31 heavy (non-hydrogen) atoms. The standard InChI is InChI=1S/C23H26N4O4/c1-14-8-10-17(11-9-14)23(4)21(30)27(22(31)26-23)13-19(29)24-12-18(28)25-20-15(2)6-5-7-16(20)3/h5-11H,12-13H2,1-4H3,(H,24,29)(H,25,28)(H,26,31)/t23-/m0/s1. The summed E-state index contributed by atoms with van der Waals surface area (Å²) in [7, 11) is 0. The number of para-hydroxylation sites is 1. The van der Waals surface area contributed by atoms with Crippen molar-refractivity contribution in [2.45, 2.75) is 33.2 Å². The Kier molecular flexibility index (Phi) is 6.10. The molecule has 2 aromatic rings.